The minimum Gasteiger partial charge on any atom is -0.504 e. The summed E-state index contributed by atoms with van der Waals surface area (Å²) >= 11 is 0. The fraction of sp³-hybridized carbons (Fsp3) is 0.667. The second kappa shape index (κ2) is 4.22. The van der Waals surface area contributed by atoms with E-state index in [-0.39, 0.29) is 40.6 Å². The zero-order valence-electron chi connectivity index (χ0n) is 15.3. The van der Waals surface area contributed by atoms with Crippen LogP contribution in [0.5, 0.6) is 11.5 Å². The molecule has 5 rings (SSSR count). The van der Waals surface area contributed by atoms with E-state index in [1.54, 1.807) is 0 Å². The van der Waals surface area contributed by atoms with Gasteiger partial charge in [-0.25, -0.2) is 0 Å². The smallest absolute Gasteiger partial charge is 0.180 e. The van der Waals surface area contributed by atoms with Crippen molar-refractivity contribution in [3.8, 4) is 11.5 Å². The first kappa shape index (κ1) is 15.7. The molecule has 4 atom stereocenters. The lowest BCUT2D eigenvalue weighted by atomic mass is 9.58. The normalized spacial score (nSPS) is 39.8. The van der Waals surface area contributed by atoms with Crippen molar-refractivity contribution in [3.05, 3.63) is 22.8 Å². The molecule has 2 heterocycles. The standard InChI is InChI=1S/C21H26O4/c1-10(2)11-8-12-13-9-14-19(3,4)6-5-7-20(14)18(24)21(20,25-13)15(12)17(23)16(11)22/h8,10,13-14,22-23H,5-7,9H2,1-4H3/t13?,14?,20-,21+/m0/s1. The van der Waals surface area contributed by atoms with E-state index in [9.17, 15) is 15.0 Å². The Bertz CT molecular complexity index is 824. The molecule has 2 saturated carbocycles. The molecule has 2 aliphatic carbocycles. The summed E-state index contributed by atoms with van der Waals surface area (Å²) in [5.74, 6) is 0.290. The van der Waals surface area contributed by atoms with Crippen molar-refractivity contribution >= 4 is 5.78 Å². The van der Waals surface area contributed by atoms with Gasteiger partial charge in [0, 0.05) is 11.1 Å². The SMILES string of the molecule is CC(C)c1cc2c(c(O)c1O)[C@]13OC2CC2C(C)(C)CCC[C@@]21C3=O. The van der Waals surface area contributed by atoms with Gasteiger partial charge in [0.2, 0.25) is 0 Å². The zero-order valence-corrected chi connectivity index (χ0v) is 15.3. The fourth-order valence-electron chi connectivity index (χ4n) is 6.46. The van der Waals surface area contributed by atoms with Gasteiger partial charge in [-0.15, -0.1) is 0 Å². The molecule has 4 nitrogen and oxygen atoms in total. The summed E-state index contributed by atoms with van der Waals surface area (Å²) < 4.78 is 6.35. The maximum absolute atomic E-state index is 13.3. The highest BCUT2D eigenvalue weighted by Crippen LogP contribution is 2.82. The van der Waals surface area contributed by atoms with Crippen LogP contribution in [-0.2, 0) is 15.1 Å². The lowest BCUT2D eigenvalue weighted by Crippen LogP contribution is -2.43. The van der Waals surface area contributed by atoms with Crippen molar-refractivity contribution in [1.29, 1.82) is 0 Å². The Morgan fingerprint density at radius 3 is 2.60 bits per heavy atom. The maximum Gasteiger partial charge on any atom is 0.180 e. The van der Waals surface area contributed by atoms with Gasteiger partial charge in [0.25, 0.3) is 0 Å². The van der Waals surface area contributed by atoms with Gasteiger partial charge in [0.1, 0.15) is 0 Å². The Kier molecular flexibility index (Phi) is 2.65. The molecule has 134 valence electrons. The number of aromatic hydroxyl groups is 2. The third-order valence-corrected chi connectivity index (χ3v) is 7.65. The summed E-state index contributed by atoms with van der Waals surface area (Å²) in [5.41, 5.74) is 0.815. The fourth-order valence-corrected chi connectivity index (χ4v) is 6.46. The first-order chi connectivity index (χ1) is 11.7. The molecule has 2 unspecified atom stereocenters. The first-order valence-electron chi connectivity index (χ1n) is 9.50. The molecule has 4 aliphatic rings. The monoisotopic (exact) mass is 342 g/mol. The highest BCUT2D eigenvalue weighted by atomic mass is 16.5. The minimum atomic E-state index is -1.01. The molecule has 0 radical (unpaired) electrons. The van der Waals surface area contributed by atoms with Crippen molar-refractivity contribution in [1.82, 2.24) is 0 Å². The summed E-state index contributed by atoms with van der Waals surface area (Å²) in [6.45, 7) is 8.52. The third-order valence-electron chi connectivity index (χ3n) is 7.65. The van der Waals surface area contributed by atoms with Crippen molar-refractivity contribution in [2.24, 2.45) is 16.7 Å². The van der Waals surface area contributed by atoms with E-state index in [2.05, 4.69) is 13.8 Å². The molecule has 2 spiro atoms. The molecular formula is C21H26O4. The third kappa shape index (κ3) is 1.45. The highest BCUT2D eigenvalue weighted by Gasteiger charge is 2.88. The van der Waals surface area contributed by atoms with Crippen LogP contribution in [0.4, 0.5) is 0 Å². The van der Waals surface area contributed by atoms with Crippen LogP contribution in [-0.4, -0.2) is 16.0 Å². The Labute approximate surface area is 148 Å². The van der Waals surface area contributed by atoms with E-state index < -0.39 is 11.0 Å². The quantitative estimate of drug-likeness (QED) is 0.747. The molecule has 0 aromatic heterocycles. The average molecular weight is 342 g/mol. The van der Waals surface area contributed by atoms with Crippen LogP contribution in [0.1, 0.15) is 82.1 Å². The van der Waals surface area contributed by atoms with Gasteiger partial charge in [-0.2, -0.15) is 0 Å². The molecule has 4 heteroatoms. The number of carbonyl (C=O) groups is 1. The molecule has 3 fully saturated rings. The second-order valence-electron chi connectivity index (χ2n) is 9.50. The first-order valence-corrected chi connectivity index (χ1v) is 9.50. The topological polar surface area (TPSA) is 66.8 Å². The Morgan fingerprint density at radius 1 is 1.20 bits per heavy atom. The van der Waals surface area contributed by atoms with Crippen molar-refractivity contribution in [2.45, 2.75) is 71.0 Å². The number of ether oxygens (including phenoxy) is 1. The molecule has 1 saturated heterocycles. The summed E-state index contributed by atoms with van der Waals surface area (Å²) in [6.07, 6.45) is 3.64. The van der Waals surface area contributed by atoms with E-state index in [4.69, 9.17) is 4.74 Å². The molecule has 2 N–H and O–H groups in total. The summed E-state index contributed by atoms with van der Waals surface area (Å²) in [6, 6.07) is 1.97. The number of hydrogen-bond acceptors (Lipinski definition) is 4. The average Bonchev–Trinajstić information content (AvgIpc) is 2.92. The van der Waals surface area contributed by atoms with E-state index in [1.807, 2.05) is 19.9 Å². The summed E-state index contributed by atoms with van der Waals surface area (Å²) in [7, 11) is 0. The van der Waals surface area contributed by atoms with Gasteiger partial charge in [0.15, 0.2) is 22.9 Å². The lowest BCUT2D eigenvalue weighted by Gasteiger charge is -2.48. The van der Waals surface area contributed by atoms with E-state index in [0.717, 1.165) is 36.8 Å². The lowest BCUT2D eigenvalue weighted by molar-refractivity contribution is -0.138. The predicted octanol–water partition coefficient (Wildman–Crippen LogP) is 4.29. The van der Waals surface area contributed by atoms with Crippen LogP contribution >= 0.6 is 0 Å². The van der Waals surface area contributed by atoms with Crippen LogP contribution in [0.15, 0.2) is 6.07 Å². The maximum atomic E-state index is 13.3. The van der Waals surface area contributed by atoms with Gasteiger partial charge in [0.05, 0.1) is 11.5 Å². The van der Waals surface area contributed by atoms with Crippen molar-refractivity contribution < 1.29 is 19.7 Å². The van der Waals surface area contributed by atoms with Crippen LogP contribution in [0.2, 0.25) is 0 Å². The van der Waals surface area contributed by atoms with Crippen LogP contribution in [0.3, 0.4) is 0 Å². The number of benzene rings is 1. The molecule has 1 aromatic rings. The summed E-state index contributed by atoms with van der Waals surface area (Å²) in [4.78, 5) is 13.3. The number of hydrogen-bond donors (Lipinski definition) is 2. The number of phenolic OH excluding ortho intramolecular Hbond substituents is 2. The second-order valence-corrected chi connectivity index (χ2v) is 9.50. The zero-order chi connectivity index (χ0) is 17.9. The number of Topliss-reactive ketones (excluding diaryl/α,β-unsaturated/α-hetero) is 1. The number of phenols is 2. The molecule has 0 amide bonds. The Balaban J connectivity index is 1.77. The molecule has 2 bridgehead atoms. The minimum absolute atomic E-state index is 0.0826. The van der Waals surface area contributed by atoms with Crippen LogP contribution in [0.25, 0.3) is 0 Å². The van der Waals surface area contributed by atoms with Crippen molar-refractivity contribution in [3.63, 3.8) is 0 Å². The van der Waals surface area contributed by atoms with E-state index in [1.165, 1.54) is 0 Å². The number of fused-ring (bicyclic) bond motifs is 3. The predicted molar refractivity (Wildman–Crippen MR) is 92.5 cm³/mol. The van der Waals surface area contributed by atoms with Gasteiger partial charge < -0.3 is 14.9 Å². The molecular weight excluding hydrogens is 316 g/mol. The Morgan fingerprint density at radius 2 is 1.92 bits per heavy atom. The van der Waals surface area contributed by atoms with Gasteiger partial charge in [-0.05, 0) is 48.1 Å². The van der Waals surface area contributed by atoms with Gasteiger partial charge >= 0.3 is 0 Å². The Hall–Kier alpha value is -1.55. The van der Waals surface area contributed by atoms with Gasteiger partial charge in [-0.1, -0.05) is 34.1 Å². The number of carbonyl (C=O) groups excluding carboxylic acids is 1. The van der Waals surface area contributed by atoms with Crippen molar-refractivity contribution in [2.75, 3.05) is 0 Å². The highest BCUT2D eigenvalue weighted by molar-refractivity contribution is 6.14. The van der Waals surface area contributed by atoms with Crippen LogP contribution in [0, 0.1) is 16.7 Å². The molecule has 2 aliphatic heterocycles. The van der Waals surface area contributed by atoms with Crippen LogP contribution < -0.4 is 0 Å². The van der Waals surface area contributed by atoms with Gasteiger partial charge in [-0.3, -0.25) is 4.79 Å². The number of rotatable bonds is 1. The number of ketones is 1. The molecule has 25 heavy (non-hydrogen) atoms. The summed E-state index contributed by atoms with van der Waals surface area (Å²) in [5, 5.41) is 21.4. The molecule has 1 aromatic carbocycles. The van der Waals surface area contributed by atoms with E-state index >= 15 is 0 Å². The largest absolute Gasteiger partial charge is 0.504 e. The van der Waals surface area contributed by atoms with E-state index in [0.29, 0.717) is 5.56 Å².